The molecular formula is C23H31N3O7. The Kier molecular flexibility index (Phi) is 7.84. The molecular weight excluding hydrogens is 430 g/mol. The van der Waals surface area contributed by atoms with Gasteiger partial charge in [0.05, 0.1) is 11.1 Å². The van der Waals surface area contributed by atoms with Crippen LogP contribution in [0.5, 0.6) is 0 Å². The SMILES string of the molecule is CC(C)[C@H](NC(=O)OC(C)(C)C)C(=O)N[C@H](C(=O)ON1C(=O)c2ccccc2C1=O)C(C)C. The van der Waals surface area contributed by atoms with Gasteiger partial charge in [-0.25, -0.2) is 9.59 Å². The Labute approximate surface area is 192 Å². The molecule has 0 fully saturated rings. The van der Waals surface area contributed by atoms with Gasteiger partial charge in [0.2, 0.25) is 5.91 Å². The van der Waals surface area contributed by atoms with Gasteiger partial charge in [-0.1, -0.05) is 44.9 Å². The molecule has 10 heteroatoms. The van der Waals surface area contributed by atoms with E-state index in [0.717, 1.165) is 0 Å². The predicted molar refractivity (Wildman–Crippen MR) is 118 cm³/mol. The van der Waals surface area contributed by atoms with Gasteiger partial charge in [0.1, 0.15) is 17.7 Å². The Morgan fingerprint density at radius 2 is 1.33 bits per heavy atom. The maximum Gasteiger partial charge on any atom is 0.408 e. The van der Waals surface area contributed by atoms with Gasteiger partial charge < -0.3 is 20.2 Å². The Hall–Kier alpha value is -3.43. The van der Waals surface area contributed by atoms with Crippen molar-refractivity contribution in [2.24, 2.45) is 11.8 Å². The first-order valence-electron chi connectivity index (χ1n) is 10.7. The number of amides is 4. The molecule has 2 rings (SSSR count). The van der Waals surface area contributed by atoms with Crippen molar-refractivity contribution < 1.29 is 33.5 Å². The van der Waals surface area contributed by atoms with Crippen LogP contribution in [0.2, 0.25) is 0 Å². The first-order valence-corrected chi connectivity index (χ1v) is 10.7. The van der Waals surface area contributed by atoms with E-state index in [4.69, 9.17) is 9.57 Å². The molecule has 1 aliphatic heterocycles. The van der Waals surface area contributed by atoms with E-state index in [0.29, 0.717) is 5.06 Å². The van der Waals surface area contributed by atoms with Crippen LogP contribution in [0, 0.1) is 11.8 Å². The van der Waals surface area contributed by atoms with E-state index in [1.807, 2.05) is 0 Å². The molecule has 1 aromatic carbocycles. The summed E-state index contributed by atoms with van der Waals surface area (Å²) in [6.07, 6.45) is -0.772. The quantitative estimate of drug-likeness (QED) is 0.596. The molecule has 33 heavy (non-hydrogen) atoms. The molecule has 0 unspecified atom stereocenters. The fourth-order valence-corrected chi connectivity index (χ4v) is 3.11. The highest BCUT2D eigenvalue weighted by Gasteiger charge is 2.41. The van der Waals surface area contributed by atoms with E-state index in [9.17, 15) is 24.0 Å². The first kappa shape index (κ1) is 25.8. The van der Waals surface area contributed by atoms with Gasteiger partial charge in [0.15, 0.2) is 0 Å². The van der Waals surface area contributed by atoms with Crippen molar-refractivity contribution >= 4 is 29.8 Å². The third-order valence-corrected chi connectivity index (χ3v) is 4.78. The molecule has 0 saturated carbocycles. The molecule has 0 spiro atoms. The molecule has 0 saturated heterocycles. The Morgan fingerprint density at radius 3 is 1.76 bits per heavy atom. The molecule has 1 aromatic rings. The molecule has 0 radical (unpaired) electrons. The Bertz CT molecular complexity index is 915. The second-order valence-corrected chi connectivity index (χ2v) is 9.46. The maximum absolute atomic E-state index is 12.9. The van der Waals surface area contributed by atoms with Crippen LogP contribution in [0.15, 0.2) is 24.3 Å². The van der Waals surface area contributed by atoms with Gasteiger partial charge in [-0.2, -0.15) is 0 Å². The van der Waals surface area contributed by atoms with E-state index in [1.165, 1.54) is 12.1 Å². The van der Waals surface area contributed by atoms with Crippen molar-refractivity contribution in [2.75, 3.05) is 0 Å². The first-order chi connectivity index (χ1) is 15.2. The monoisotopic (exact) mass is 461 g/mol. The number of ether oxygens (including phenoxy) is 1. The lowest BCUT2D eigenvalue weighted by molar-refractivity contribution is -0.173. The number of carbonyl (C=O) groups is 5. The third-order valence-electron chi connectivity index (χ3n) is 4.78. The molecule has 10 nitrogen and oxygen atoms in total. The zero-order chi connectivity index (χ0) is 25.1. The van der Waals surface area contributed by atoms with E-state index in [1.54, 1.807) is 60.6 Å². The summed E-state index contributed by atoms with van der Waals surface area (Å²) in [4.78, 5) is 67.9. The highest BCUT2D eigenvalue weighted by Crippen LogP contribution is 2.23. The number of nitrogens with one attached hydrogen (secondary N) is 2. The number of imide groups is 1. The van der Waals surface area contributed by atoms with E-state index in [2.05, 4.69) is 10.6 Å². The van der Waals surface area contributed by atoms with E-state index < -0.39 is 53.4 Å². The van der Waals surface area contributed by atoms with Crippen LogP contribution >= 0.6 is 0 Å². The van der Waals surface area contributed by atoms with E-state index in [-0.39, 0.29) is 17.0 Å². The van der Waals surface area contributed by atoms with Crippen molar-refractivity contribution in [3.8, 4) is 0 Å². The van der Waals surface area contributed by atoms with Gasteiger partial charge in [-0.15, -0.1) is 0 Å². The summed E-state index contributed by atoms with van der Waals surface area (Å²) in [6, 6.07) is 3.94. The Morgan fingerprint density at radius 1 is 0.848 bits per heavy atom. The number of nitrogens with zero attached hydrogens (tertiary/aromatic N) is 1. The number of rotatable bonds is 7. The van der Waals surface area contributed by atoms with Gasteiger partial charge in [-0.05, 0) is 44.7 Å². The number of hydroxylamine groups is 2. The van der Waals surface area contributed by atoms with Crippen LogP contribution in [0.3, 0.4) is 0 Å². The summed E-state index contributed by atoms with van der Waals surface area (Å²) in [6.45, 7) is 11.9. The van der Waals surface area contributed by atoms with E-state index >= 15 is 0 Å². The number of alkyl carbamates (subject to hydrolysis) is 1. The number of carbonyl (C=O) groups excluding carboxylic acids is 5. The van der Waals surface area contributed by atoms with Gasteiger partial charge in [0, 0.05) is 0 Å². The summed E-state index contributed by atoms with van der Waals surface area (Å²) in [5.74, 6) is -3.89. The van der Waals surface area contributed by atoms with Crippen LogP contribution in [-0.2, 0) is 19.2 Å². The van der Waals surface area contributed by atoms with Crippen molar-refractivity contribution in [3.05, 3.63) is 35.4 Å². The van der Waals surface area contributed by atoms with Crippen LogP contribution in [-0.4, -0.2) is 52.5 Å². The second kappa shape index (κ2) is 10.0. The van der Waals surface area contributed by atoms with Gasteiger partial charge >= 0.3 is 12.1 Å². The summed E-state index contributed by atoms with van der Waals surface area (Å²) in [5, 5.41) is 5.47. The number of fused-ring (bicyclic) bond motifs is 1. The van der Waals surface area contributed by atoms with Crippen molar-refractivity contribution in [1.82, 2.24) is 15.7 Å². The summed E-state index contributed by atoms with van der Waals surface area (Å²) in [7, 11) is 0. The average molecular weight is 462 g/mol. The van der Waals surface area contributed by atoms with Crippen LogP contribution in [0.4, 0.5) is 4.79 Å². The minimum absolute atomic E-state index is 0.127. The molecule has 0 bridgehead atoms. The van der Waals surface area contributed by atoms with Crippen LogP contribution < -0.4 is 10.6 Å². The third kappa shape index (κ3) is 6.30. The fraction of sp³-hybridized carbons (Fsp3) is 0.522. The van der Waals surface area contributed by atoms with Crippen molar-refractivity contribution in [2.45, 2.75) is 66.2 Å². The minimum Gasteiger partial charge on any atom is -0.444 e. The summed E-state index contributed by atoms with van der Waals surface area (Å²) < 4.78 is 5.21. The molecule has 0 aromatic heterocycles. The zero-order valence-electron chi connectivity index (χ0n) is 19.9. The lowest BCUT2D eigenvalue weighted by Gasteiger charge is -2.28. The standard InChI is InChI=1S/C23H31N3O7/c1-12(2)16(25-22(31)32-23(5,6)7)18(27)24-17(13(3)4)21(30)33-26-19(28)14-10-8-9-11-15(14)20(26)29/h8-13,16-17H,1-7H3,(H,24,27)(H,25,31)/t16-,17-/m0/s1. The Balaban J connectivity index is 2.12. The molecule has 1 heterocycles. The topological polar surface area (TPSA) is 131 Å². The second-order valence-electron chi connectivity index (χ2n) is 9.46. The van der Waals surface area contributed by atoms with Gasteiger partial charge in [-0.3, -0.25) is 14.4 Å². The maximum atomic E-state index is 12.9. The normalized spacial score (nSPS) is 15.2. The predicted octanol–water partition coefficient (Wildman–Crippen LogP) is 2.43. The highest BCUT2D eigenvalue weighted by atomic mass is 16.7. The molecule has 4 amide bonds. The largest absolute Gasteiger partial charge is 0.444 e. The molecule has 1 aliphatic rings. The average Bonchev–Trinajstić information content (AvgIpc) is 2.93. The lowest BCUT2D eigenvalue weighted by atomic mass is 10.0. The van der Waals surface area contributed by atoms with Crippen LogP contribution in [0.25, 0.3) is 0 Å². The molecule has 180 valence electrons. The van der Waals surface area contributed by atoms with Crippen LogP contribution in [0.1, 0.15) is 69.2 Å². The zero-order valence-corrected chi connectivity index (χ0v) is 19.9. The molecule has 2 N–H and O–H groups in total. The molecule has 0 aliphatic carbocycles. The fourth-order valence-electron chi connectivity index (χ4n) is 3.11. The number of benzene rings is 1. The lowest BCUT2D eigenvalue weighted by Crippen LogP contribution is -2.56. The smallest absolute Gasteiger partial charge is 0.408 e. The highest BCUT2D eigenvalue weighted by molar-refractivity contribution is 6.21. The number of hydrogen-bond donors (Lipinski definition) is 2. The molecule has 2 atom stereocenters. The number of hydrogen-bond acceptors (Lipinski definition) is 7. The van der Waals surface area contributed by atoms with Crippen molar-refractivity contribution in [3.63, 3.8) is 0 Å². The van der Waals surface area contributed by atoms with Gasteiger partial charge in [0.25, 0.3) is 11.8 Å². The summed E-state index contributed by atoms with van der Waals surface area (Å²) in [5.41, 5.74) is -0.498. The minimum atomic E-state index is -1.18. The summed E-state index contributed by atoms with van der Waals surface area (Å²) >= 11 is 0. The van der Waals surface area contributed by atoms with Crippen molar-refractivity contribution in [1.29, 1.82) is 0 Å².